The van der Waals surface area contributed by atoms with Crippen molar-refractivity contribution in [2.24, 2.45) is 11.3 Å². The zero-order chi connectivity index (χ0) is 16.5. The van der Waals surface area contributed by atoms with E-state index in [1.54, 1.807) is 4.31 Å². The number of rotatable bonds is 6. The van der Waals surface area contributed by atoms with Crippen LogP contribution < -0.4 is 0 Å². The van der Waals surface area contributed by atoms with Crippen LogP contribution in [0.2, 0.25) is 0 Å². The lowest BCUT2D eigenvalue weighted by molar-refractivity contribution is -0.139. The van der Waals surface area contributed by atoms with E-state index in [1.807, 2.05) is 11.8 Å². The predicted octanol–water partition coefficient (Wildman–Crippen LogP) is 2.23. The van der Waals surface area contributed by atoms with Crippen molar-refractivity contribution in [3.63, 3.8) is 0 Å². The van der Waals surface area contributed by atoms with Gasteiger partial charge in [0.2, 0.25) is 15.9 Å². The third-order valence-electron chi connectivity index (χ3n) is 5.70. The number of unbranched alkanes of at least 4 members (excludes halogenated alkanes) is 1. The molecular weight excluding hydrogens is 312 g/mol. The molecule has 3 rings (SSSR count). The fourth-order valence-electron chi connectivity index (χ4n) is 4.07. The van der Waals surface area contributed by atoms with E-state index in [0.717, 1.165) is 45.2 Å². The summed E-state index contributed by atoms with van der Waals surface area (Å²) in [5.41, 5.74) is 0.000332. The molecule has 1 amide bonds. The summed E-state index contributed by atoms with van der Waals surface area (Å²) in [6.07, 6.45) is 7.56. The Morgan fingerprint density at radius 3 is 2.70 bits per heavy atom. The van der Waals surface area contributed by atoms with Crippen molar-refractivity contribution in [1.82, 2.24) is 9.21 Å². The topological polar surface area (TPSA) is 57.7 Å². The molecule has 1 spiro atoms. The van der Waals surface area contributed by atoms with E-state index in [9.17, 15) is 13.2 Å². The van der Waals surface area contributed by atoms with Gasteiger partial charge in [-0.2, -0.15) is 0 Å². The van der Waals surface area contributed by atoms with Crippen LogP contribution in [0.1, 0.15) is 58.3 Å². The molecular formula is C17H30N2O3S. The summed E-state index contributed by atoms with van der Waals surface area (Å²) in [5.74, 6) is 1.24. The minimum Gasteiger partial charge on any atom is -0.342 e. The second-order valence-corrected chi connectivity index (χ2v) is 9.91. The van der Waals surface area contributed by atoms with Crippen LogP contribution in [0.25, 0.3) is 0 Å². The number of piperidine rings is 2. The number of sulfonamides is 1. The minimum absolute atomic E-state index is 0.000332. The molecule has 3 aliphatic rings. The van der Waals surface area contributed by atoms with Crippen LogP contribution in [-0.2, 0) is 14.8 Å². The van der Waals surface area contributed by atoms with Gasteiger partial charge in [0.25, 0.3) is 0 Å². The lowest BCUT2D eigenvalue weighted by Crippen LogP contribution is -2.55. The molecule has 0 radical (unpaired) electrons. The van der Waals surface area contributed by atoms with E-state index >= 15 is 0 Å². The fraction of sp³-hybridized carbons (Fsp3) is 0.941. The standard InChI is InChI=1S/C17H30N2O3S/c1-2-3-11-23(21,22)19-10-4-8-17(14-19)9-7-16(20)18(13-17)12-15-5-6-15/h15H,2-14H2,1H3/t17-/m0/s1. The zero-order valence-electron chi connectivity index (χ0n) is 14.3. The van der Waals surface area contributed by atoms with Crippen molar-refractivity contribution < 1.29 is 13.2 Å². The van der Waals surface area contributed by atoms with Crippen LogP contribution in [0.3, 0.4) is 0 Å². The van der Waals surface area contributed by atoms with Crippen LogP contribution in [-0.4, -0.2) is 55.5 Å². The molecule has 132 valence electrons. The summed E-state index contributed by atoms with van der Waals surface area (Å²) >= 11 is 0. The molecule has 0 aromatic rings. The molecule has 2 saturated heterocycles. The molecule has 0 aromatic heterocycles. The van der Waals surface area contributed by atoms with Crippen molar-refractivity contribution >= 4 is 15.9 Å². The van der Waals surface area contributed by atoms with Gasteiger partial charge < -0.3 is 4.90 Å². The molecule has 2 aliphatic heterocycles. The van der Waals surface area contributed by atoms with Crippen LogP contribution in [0.5, 0.6) is 0 Å². The van der Waals surface area contributed by atoms with Crippen molar-refractivity contribution in [1.29, 1.82) is 0 Å². The molecule has 3 fully saturated rings. The Bertz CT molecular complexity index is 544. The normalized spacial score (nSPS) is 30.1. The Morgan fingerprint density at radius 2 is 2.00 bits per heavy atom. The molecule has 0 aromatic carbocycles. The van der Waals surface area contributed by atoms with E-state index in [4.69, 9.17) is 0 Å². The number of amides is 1. The molecule has 5 nitrogen and oxygen atoms in total. The van der Waals surface area contributed by atoms with E-state index in [2.05, 4.69) is 0 Å². The molecule has 2 heterocycles. The summed E-state index contributed by atoms with van der Waals surface area (Å²) in [6.45, 7) is 4.96. The summed E-state index contributed by atoms with van der Waals surface area (Å²) < 4.78 is 26.8. The van der Waals surface area contributed by atoms with Gasteiger partial charge in [0, 0.05) is 38.0 Å². The predicted molar refractivity (Wildman–Crippen MR) is 90.5 cm³/mol. The van der Waals surface area contributed by atoms with Crippen LogP contribution >= 0.6 is 0 Å². The minimum atomic E-state index is -3.13. The third-order valence-corrected chi connectivity index (χ3v) is 7.60. The first kappa shape index (κ1) is 17.2. The molecule has 0 N–H and O–H groups in total. The maximum atomic E-state index is 12.5. The fourth-order valence-corrected chi connectivity index (χ4v) is 5.86. The van der Waals surface area contributed by atoms with Gasteiger partial charge in [0.05, 0.1) is 5.75 Å². The second-order valence-electron chi connectivity index (χ2n) is 7.82. The van der Waals surface area contributed by atoms with Gasteiger partial charge in [0.15, 0.2) is 0 Å². The van der Waals surface area contributed by atoms with E-state index in [1.165, 1.54) is 12.8 Å². The van der Waals surface area contributed by atoms with E-state index < -0.39 is 10.0 Å². The highest BCUT2D eigenvalue weighted by Gasteiger charge is 2.44. The lowest BCUT2D eigenvalue weighted by Gasteiger charge is -2.47. The van der Waals surface area contributed by atoms with Crippen molar-refractivity contribution in [3.05, 3.63) is 0 Å². The number of hydrogen-bond acceptors (Lipinski definition) is 3. The summed E-state index contributed by atoms with van der Waals surface area (Å²) in [5, 5.41) is 0. The lowest BCUT2D eigenvalue weighted by atomic mass is 9.74. The average Bonchev–Trinajstić information content (AvgIpc) is 3.33. The molecule has 1 saturated carbocycles. The summed E-state index contributed by atoms with van der Waals surface area (Å²) in [6, 6.07) is 0. The molecule has 0 unspecified atom stereocenters. The highest BCUT2D eigenvalue weighted by atomic mass is 32.2. The van der Waals surface area contributed by atoms with E-state index in [-0.39, 0.29) is 17.1 Å². The van der Waals surface area contributed by atoms with Crippen LogP contribution in [0, 0.1) is 11.3 Å². The Hall–Kier alpha value is -0.620. The van der Waals surface area contributed by atoms with E-state index in [0.29, 0.717) is 25.4 Å². The highest BCUT2D eigenvalue weighted by Crippen LogP contribution is 2.41. The number of hydrogen-bond donors (Lipinski definition) is 0. The third kappa shape index (κ3) is 4.08. The first-order chi connectivity index (χ1) is 10.9. The second kappa shape index (κ2) is 6.71. The number of nitrogens with zero attached hydrogens (tertiary/aromatic N) is 2. The SMILES string of the molecule is CCCCS(=O)(=O)N1CCC[C@@]2(CCC(=O)N(CC3CC3)C2)C1. The maximum Gasteiger partial charge on any atom is 0.222 e. The molecule has 1 aliphatic carbocycles. The Kier molecular flexibility index (Phi) is 5.02. The molecule has 0 bridgehead atoms. The van der Waals surface area contributed by atoms with Gasteiger partial charge >= 0.3 is 0 Å². The van der Waals surface area contributed by atoms with Gasteiger partial charge in [-0.25, -0.2) is 12.7 Å². The van der Waals surface area contributed by atoms with Gasteiger partial charge in [-0.05, 0) is 44.4 Å². The van der Waals surface area contributed by atoms with Gasteiger partial charge in [0.1, 0.15) is 0 Å². The maximum absolute atomic E-state index is 12.5. The quantitative estimate of drug-likeness (QED) is 0.744. The van der Waals surface area contributed by atoms with Crippen molar-refractivity contribution in [2.75, 3.05) is 31.9 Å². The van der Waals surface area contributed by atoms with Gasteiger partial charge in [-0.1, -0.05) is 13.3 Å². The van der Waals surface area contributed by atoms with Crippen LogP contribution in [0.4, 0.5) is 0 Å². The first-order valence-electron chi connectivity index (χ1n) is 9.20. The van der Waals surface area contributed by atoms with Crippen molar-refractivity contribution in [2.45, 2.75) is 58.3 Å². The largest absolute Gasteiger partial charge is 0.342 e. The van der Waals surface area contributed by atoms with Gasteiger partial charge in [-0.3, -0.25) is 4.79 Å². The number of carbonyl (C=O) groups is 1. The molecule has 6 heteroatoms. The van der Waals surface area contributed by atoms with Gasteiger partial charge in [-0.15, -0.1) is 0 Å². The molecule has 1 atom stereocenters. The number of likely N-dealkylation sites (tertiary alicyclic amines) is 1. The smallest absolute Gasteiger partial charge is 0.222 e. The Balaban J connectivity index is 1.67. The highest BCUT2D eigenvalue weighted by molar-refractivity contribution is 7.89. The Labute approximate surface area is 140 Å². The molecule has 23 heavy (non-hydrogen) atoms. The summed E-state index contributed by atoms with van der Waals surface area (Å²) in [7, 11) is -3.13. The number of carbonyl (C=O) groups excluding carboxylic acids is 1. The average molecular weight is 343 g/mol. The first-order valence-corrected chi connectivity index (χ1v) is 10.8. The van der Waals surface area contributed by atoms with Crippen LogP contribution in [0.15, 0.2) is 0 Å². The zero-order valence-corrected chi connectivity index (χ0v) is 15.1. The van der Waals surface area contributed by atoms with Crippen molar-refractivity contribution in [3.8, 4) is 0 Å². The monoisotopic (exact) mass is 342 g/mol. The summed E-state index contributed by atoms with van der Waals surface area (Å²) in [4.78, 5) is 14.2. The Morgan fingerprint density at radius 1 is 1.22 bits per heavy atom.